The van der Waals surface area contributed by atoms with Gasteiger partial charge in [-0.15, -0.1) is 0 Å². The van der Waals surface area contributed by atoms with E-state index in [1.807, 2.05) is 38.1 Å². The fourth-order valence-electron chi connectivity index (χ4n) is 2.24. The third-order valence-corrected chi connectivity index (χ3v) is 4.55. The average molecular weight is 403 g/mol. The molecule has 0 bridgehead atoms. The van der Waals surface area contributed by atoms with Crippen LogP contribution in [0.15, 0.2) is 24.3 Å². The zero-order valence-electron chi connectivity index (χ0n) is 12.6. The third-order valence-electron chi connectivity index (χ3n) is 3.56. The second-order valence-corrected chi connectivity index (χ2v) is 6.87. The standard InChI is InChI=1S/C16H22INO3/c1-10(2)14(21-16(19)18-11-8-9-11)15(20-3)12-6-4-5-7-13(12)17/h4-7,10-11,14-15H,8-9H2,1-3H3,(H,18,19)/t14-,15-/m0/s1. The quantitative estimate of drug-likeness (QED) is 0.734. The van der Waals surface area contributed by atoms with Gasteiger partial charge in [0.15, 0.2) is 0 Å². The molecule has 0 aromatic heterocycles. The van der Waals surface area contributed by atoms with Crippen LogP contribution in [0.25, 0.3) is 0 Å². The van der Waals surface area contributed by atoms with E-state index in [4.69, 9.17) is 9.47 Å². The van der Waals surface area contributed by atoms with Crippen molar-refractivity contribution in [2.75, 3.05) is 7.11 Å². The lowest BCUT2D eigenvalue weighted by Gasteiger charge is -2.29. The van der Waals surface area contributed by atoms with Gasteiger partial charge < -0.3 is 14.8 Å². The highest BCUT2D eigenvalue weighted by molar-refractivity contribution is 14.1. The molecule has 5 heteroatoms. The summed E-state index contributed by atoms with van der Waals surface area (Å²) in [4.78, 5) is 12.0. The first-order valence-corrected chi connectivity index (χ1v) is 8.35. The number of amides is 1. The lowest BCUT2D eigenvalue weighted by Crippen LogP contribution is -2.37. The molecule has 1 aliphatic rings. The van der Waals surface area contributed by atoms with E-state index in [0.29, 0.717) is 6.04 Å². The van der Waals surface area contributed by atoms with Crippen LogP contribution in [0.3, 0.4) is 0 Å². The number of hydrogen-bond donors (Lipinski definition) is 1. The monoisotopic (exact) mass is 403 g/mol. The van der Waals surface area contributed by atoms with Crippen molar-refractivity contribution in [2.24, 2.45) is 5.92 Å². The molecule has 1 saturated carbocycles. The largest absolute Gasteiger partial charge is 0.443 e. The number of methoxy groups -OCH3 is 1. The molecule has 1 aromatic carbocycles. The second kappa shape index (κ2) is 7.45. The summed E-state index contributed by atoms with van der Waals surface area (Å²) in [6.07, 6.45) is 1.18. The summed E-state index contributed by atoms with van der Waals surface area (Å²) < 4.78 is 12.4. The smallest absolute Gasteiger partial charge is 0.407 e. The van der Waals surface area contributed by atoms with E-state index in [0.717, 1.165) is 22.0 Å². The van der Waals surface area contributed by atoms with Crippen LogP contribution < -0.4 is 5.32 Å². The van der Waals surface area contributed by atoms with Gasteiger partial charge in [0, 0.05) is 16.7 Å². The number of carbonyl (C=O) groups is 1. The fourth-order valence-corrected chi connectivity index (χ4v) is 2.94. The second-order valence-electron chi connectivity index (χ2n) is 5.71. The molecule has 0 aliphatic heterocycles. The van der Waals surface area contributed by atoms with Crippen molar-refractivity contribution in [3.8, 4) is 0 Å². The van der Waals surface area contributed by atoms with Crippen molar-refractivity contribution in [3.05, 3.63) is 33.4 Å². The lowest BCUT2D eigenvalue weighted by atomic mass is 9.96. The van der Waals surface area contributed by atoms with Crippen molar-refractivity contribution in [1.29, 1.82) is 0 Å². The highest BCUT2D eigenvalue weighted by atomic mass is 127. The van der Waals surface area contributed by atoms with Crippen LogP contribution in [-0.4, -0.2) is 25.3 Å². The highest BCUT2D eigenvalue weighted by Gasteiger charge is 2.32. The molecule has 0 heterocycles. The molecule has 2 rings (SSSR count). The van der Waals surface area contributed by atoms with E-state index in [1.165, 1.54) is 0 Å². The van der Waals surface area contributed by atoms with E-state index in [1.54, 1.807) is 7.11 Å². The molecule has 1 N–H and O–H groups in total. The van der Waals surface area contributed by atoms with Crippen molar-refractivity contribution in [3.63, 3.8) is 0 Å². The molecule has 0 unspecified atom stereocenters. The number of alkyl carbamates (subject to hydrolysis) is 1. The molecule has 1 aliphatic carbocycles. The minimum Gasteiger partial charge on any atom is -0.443 e. The number of carbonyl (C=O) groups excluding carboxylic acids is 1. The number of halogens is 1. The Bertz CT molecular complexity index is 488. The number of ether oxygens (including phenoxy) is 2. The summed E-state index contributed by atoms with van der Waals surface area (Å²) in [6.45, 7) is 4.08. The Balaban J connectivity index is 2.13. The molecule has 1 fully saturated rings. The Labute approximate surface area is 139 Å². The van der Waals surface area contributed by atoms with Gasteiger partial charge in [-0.05, 0) is 53.0 Å². The Hall–Kier alpha value is -0.820. The summed E-state index contributed by atoms with van der Waals surface area (Å²) >= 11 is 2.28. The van der Waals surface area contributed by atoms with E-state index in [2.05, 4.69) is 27.9 Å². The van der Waals surface area contributed by atoms with Gasteiger partial charge in [-0.3, -0.25) is 0 Å². The van der Waals surface area contributed by atoms with Crippen molar-refractivity contribution in [2.45, 2.75) is 44.9 Å². The Kier molecular flexibility index (Phi) is 5.87. The predicted octanol–water partition coefficient (Wildman–Crippen LogP) is 3.89. The molecular formula is C16H22INO3. The average Bonchev–Trinajstić information content (AvgIpc) is 3.24. The Morgan fingerprint density at radius 1 is 1.33 bits per heavy atom. The molecule has 21 heavy (non-hydrogen) atoms. The maximum absolute atomic E-state index is 12.0. The molecule has 0 radical (unpaired) electrons. The zero-order valence-corrected chi connectivity index (χ0v) is 14.8. The number of nitrogens with one attached hydrogen (secondary N) is 1. The van der Waals surface area contributed by atoms with Gasteiger partial charge in [-0.1, -0.05) is 32.0 Å². The molecule has 2 atom stereocenters. The molecular weight excluding hydrogens is 381 g/mol. The molecule has 1 aromatic rings. The summed E-state index contributed by atoms with van der Waals surface area (Å²) in [5.74, 6) is 0.163. The molecule has 4 nitrogen and oxygen atoms in total. The van der Waals surface area contributed by atoms with Crippen molar-refractivity contribution >= 4 is 28.7 Å². The molecule has 0 spiro atoms. The summed E-state index contributed by atoms with van der Waals surface area (Å²) in [5.41, 5.74) is 1.05. The van der Waals surface area contributed by atoms with Gasteiger partial charge >= 0.3 is 6.09 Å². The highest BCUT2D eigenvalue weighted by Crippen LogP contribution is 2.31. The van der Waals surface area contributed by atoms with Crippen molar-refractivity contribution < 1.29 is 14.3 Å². The number of hydrogen-bond acceptors (Lipinski definition) is 3. The van der Waals surface area contributed by atoms with Crippen LogP contribution in [0.4, 0.5) is 4.79 Å². The van der Waals surface area contributed by atoms with Crippen LogP contribution in [0, 0.1) is 9.49 Å². The fraction of sp³-hybridized carbons (Fsp3) is 0.562. The van der Waals surface area contributed by atoms with E-state index in [-0.39, 0.29) is 24.2 Å². The van der Waals surface area contributed by atoms with Crippen LogP contribution in [0.5, 0.6) is 0 Å². The van der Waals surface area contributed by atoms with Crippen molar-refractivity contribution in [1.82, 2.24) is 5.32 Å². The Morgan fingerprint density at radius 2 is 2.00 bits per heavy atom. The van der Waals surface area contributed by atoms with Crippen LogP contribution in [-0.2, 0) is 9.47 Å². The maximum Gasteiger partial charge on any atom is 0.407 e. The predicted molar refractivity (Wildman–Crippen MR) is 90.2 cm³/mol. The summed E-state index contributed by atoms with van der Waals surface area (Å²) in [5, 5.41) is 2.87. The van der Waals surface area contributed by atoms with Gasteiger partial charge in [0.2, 0.25) is 0 Å². The third kappa shape index (κ3) is 4.57. The number of benzene rings is 1. The topological polar surface area (TPSA) is 47.6 Å². The van der Waals surface area contributed by atoms with Crippen LogP contribution in [0.1, 0.15) is 38.4 Å². The van der Waals surface area contributed by atoms with Gasteiger partial charge in [-0.25, -0.2) is 4.79 Å². The van der Waals surface area contributed by atoms with Gasteiger partial charge in [0.1, 0.15) is 12.2 Å². The minimum atomic E-state index is -0.343. The first-order valence-electron chi connectivity index (χ1n) is 7.27. The maximum atomic E-state index is 12.0. The van der Waals surface area contributed by atoms with E-state index >= 15 is 0 Å². The van der Waals surface area contributed by atoms with Gasteiger partial charge in [0.25, 0.3) is 0 Å². The Morgan fingerprint density at radius 3 is 2.52 bits per heavy atom. The molecule has 0 saturated heterocycles. The van der Waals surface area contributed by atoms with E-state index < -0.39 is 0 Å². The lowest BCUT2D eigenvalue weighted by molar-refractivity contribution is -0.0453. The van der Waals surface area contributed by atoms with Gasteiger partial charge in [-0.2, -0.15) is 0 Å². The first kappa shape index (κ1) is 16.5. The first-order chi connectivity index (χ1) is 10.0. The minimum absolute atomic E-state index is 0.163. The molecule has 1 amide bonds. The summed E-state index contributed by atoms with van der Waals surface area (Å²) in [7, 11) is 1.66. The van der Waals surface area contributed by atoms with Crippen LogP contribution >= 0.6 is 22.6 Å². The SMILES string of the molecule is CO[C@@H](c1ccccc1I)[C@@H](OC(=O)NC1CC1)C(C)C. The normalized spacial score (nSPS) is 17.4. The van der Waals surface area contributed by atoms with E-state index in [9.17, 15) is 4.79 Å². The zero-order chi connectivity index (χ0) is 15.4. The molecule has 116 valence electrons. The number of rotatable bonds is 6. The van der Waals surface area contributed by atoms with Gasteiger partial charge in [0.05, 0.1) is 0 Å². The van der Waals surface area contributed by atoms with Crippen LogP contribution in [0.2, 0.25) is 0 Å². The summed E-state index contributed by atoms with van der Waals surface area (Å²) in [6, 6.07) is 8.31.